The topological polar surface area (TPSA) is 149 Å². The largest absolute Gasteiger partial charge is 0.394 e. The summed E-state index contributed by atoms with van der Waals surface area (Å²) in [5.74, 6) is -0.190. The van der Waals surface area contributed by atoms with Crippen molar-refractivity contribution in [2.24, 2.45) is 0 Å². The Bertz CT molecular complexity index is 1070. The molecule has 6 N–H and O–H groups in total. The van der Waals surface area contributed by atoms with Gasteiger partial charge in [0.05, 0.1) is 25.4 Å². The maximum atomic E-state index is 13.0. The van der Waals surface area contributed by atoms with Crippen molar-refractivity contribution in [3.05, 3.63) is 36.5 Å². The van der Waals surface area contributed by atoms with Gasteiger partial charge in [0.1, 0.15) is 24.4 Å². The van der Waals surface area contributed by atoms with Crippen molar-refractivity contribution in [3.8, 4) is 0 Å². The van der Waals surface area contributed by atoms with Gasteiger partial charge in [0, 0.05) is 6.42 Å². The van der Waals surface area contributed by atoms with E-state index in [1.807, 2.05) is 6.08 Å². The second-order valence-electron chi connectivity index (χ2n) is 18.3. The minimum absolute atomic E-state index is 0.190. The summed E-state index contributed by atoms with van der Waals surface area (Å²) in [7, 11) is 0. The fourth-order valence-corrected chi connectivity index (χ4v) is 8.23. The molecule has 364 valence electrons. The van der Waals surface area contributed by atoms with E-state index in [1.165, 1.54) is 148 Å². The van der Waals surface area contributed by atoms with Gasteiger partial charge in [0.15, 0.2) is 6.29 Å². The number of amides is 1. The number of rotatable bonds is 44. The summed E-state index contributed by atoms with van der Waals surface area (Å²) in [5.41, 5.74) is 0. The fraction of sp³-hybridized carbons (Fsp3) is 0.868. The van der Waals surface area contributed by atoms with Crippen LogP contribution in [0.1, 0.15) is 239 Å². The van der Waals surface area contributed by atoms with Crippen LogP contribution in [0.4, 0.5) is 0 Å². The number of ether oxygens (including phenoxy) is 2. The van der Waals surface area contributed by atoms with E-state index in [4.69, 9.17) is 9.47 Å². The quantitative estimate of drug-likeness (QED) is 0.0262. The summed E-state index contributed by atoms with van der Waals surface area (Å²) in [4.78, 5) is 13.0. The molecule has 0 saturated carbocycles. The molecule has 1 rings (SSSR count). The molecule has 7 unspecified atom stereocenters. The standard InChI is InChI=1S/C53H99NO8/c1-3-5-7-9-11-13-15-17-19-20-21-22-23-24-25-26-27-28-29-30-32-34-36-38-40-42-47(56)46(45-61-53-52(60)51(59)50(58)48(44-55)62-53)54-49(57)43-41-39-37-35-33-31-18-16-14-12-10-8-6-4-2/h10,12,16,18,40,42,46-48,50-53,55-56,58-60H,3-9,11,13-15,17,19-39,41,43-45H2,1-2H3,(H,54,57)/b12-10-,18-16-,42-40+. The average Bonchev–Trinajstić information content (AvgIpc) is 3.27. The molecule has 1 amide bonds. The van der Waals surface area contributed by atoms with Crippen LogP contribution in [0.3, 0.4) is 0 Å². The lowest BCUT2D eigenvalue weighted by Crippen LogP contribution is -2.60. The summed E-state index contributed by atoms with van der Waals surface area (Å²) in [6, 6.07) is -0.811. The first-order valence-electron chi connectivity index (χ1n) is 26.2. The van der Waals surface area contributed by atoms with E-state index >= 15 is 0 Å². The summed E-state index contributed by atoms with van der Waals surface area (Å²) < 4.78 is 11.2. The van der Waals surface area contributed by atoms with Gasteiger partial charge in [-0.2, -0.15) is 0 Å². The van der Waals surface area contributed by atoms with Gasteiger partial charge >= 0.3 is 0 Å². The first kappa shape index (κ1) is 58.4. The average molecular weight is 878 g/mol. The number of hydrogen-bond donors (Lipinski definition) is 6. The summed E-state index contributed by atoms with van der Waals surface area (Å²) in [5, 5.41) is 54.3. The van der Waals surface area contributed by atoms with Crippen LogP contribution >= 0.6 is 0 Å². The predicted molar refractivity (Wildman–Crippen MR) is 258 cm³/mol. The molecule has 0 aromatic rings. The van der Waals surface area contributed by atoms with Crippen molar-refractivity contribution in [2.45, 2.75) is 281 Å². The van der Waals surface area contributed by atoms with Gasteiger partial charge in [-0.3, -0.25) is 4.79 Å². The zero-order valence-electron chi connectivity index (χ0n) is 40.1. The molecule has 1 heterocycles. The molecule has 62 heavy (non-hydrogen) atoms. The van der Waals surface area contributed by atoms with Crippen molar-refractivity contribution in [3.63, 3.8) is 0 Å². The van der Waals surface area contributed by atoms with E-state index in [-0.39, 0.29) is 12.5 Å². The molecule has 0 aromatic heterocycles. The van der Waals surface area contributed by atoms with Crippen LogP contribution in [0.15, 0.2) is 36.5 Å². The fourth-order valence-electron chi connectivity index (χ4n) is 8.23. The molecule has 1 fully saturated rings. The van der Waals surface area contributed by atoms with E-state index in [0.29, 0.717) is 6.42 Å². The van der Waals surface area contributed by atoms with Crippen molar-refractivity contribution in [1.29, 1.82) is 0 Å². The lowest BCUT2D eigenvalue weighted by molar-refractivity contribution is -0.302. The zero-order chi connectivity index (χ0) is 45.1. The van der Waals surface area contributed by atoms with Crippen LogP contribution in [-0.4, -0.2) is 87.5 Å². The van der Waals surface area contributed by atoms with Crippen molar-refractivity contribution < 1.29 is 39.8 Å². The Labute approximate surface area is 381 Å². The molecule has 1 aliphatic heterocycles. The number of aliphatic hydroxyl groups excluding tert-OH is 5. The van der Waals surface area contributed by atoms with Gasteiger partial charge in [0.25, 0.3) is 0 Å². The highest BCUT2D eigenvalue weighted by Crippen LogP contribution is 2.23. The van der Waals surface area contributed by atoms with E-state index < -0.39 is 49.5 Å². The number of aliphatic hydroxyl groups is 5. The lowest BCUT2D eigenvalue weighted by Gasteiger charge is -2.40. The van der Waals surface area contributed by atoms with Gasteiger partial charge < -0.3 is 40.3 Å². The van der Waals surface area contributed by atoms with Crippen molar-refractivity contribution in [1.82, 2.24) is 5.32 Å². The molecular weight excluding hydrogens is 779 g/mol. The predicted octanol–water partition coefficient (Wildman–Crippen LogP) is 12.0. The smallest absolute Gasteiger partial charge is 0.220 e. The van der Waals surface area contributed by atoms with Crippen molar-refractivity contribution >= 4 is 5.91 Å². The van der Waals surface area contributed by atoms with Gasteiger partial charge in [-0.15, -0.1) is 0 Å². The van der Waals surface area contributed by atoms with E-state index in [1.54, 1.807) is 6.08 Å². The first-order valence-corrected chi connectivity index (χ1v) is 26.2. The Morgan fingerprint density at radius 2 is 0.968 bits per heavy atom. The third kappa shape index (κ3) is 33.0. The normalized spacial score (nSPS) is 20.5. The highest BCUT2D eigenvalue weighted by molar-refractivity contribution is 5.76. The van der Waals surface area contributed by atoms with Crippen LogP contribution in [0.25, 0.3) is 0 Å². The molecule has 7 atom stereocenters. The van der Waals surface area contributed by atoms with E-state index in [0.717, 1.165) is 70.6 Å². The molecule has 0 spiro atoms. The Morgan fingerprint density at radius 3 is 1.44 bits per heavy atom. The molecule has 1 saturated heterocycles. The van der Waals surface area contributed by atoms with Gasteiger partial charge in [0.2, 0.25) is 5.91 Å². The number of hydrogen-bond acceptors (Lipinski definition) is 8. The lowest BCUT2D eigenvalue weighted by atomic mass is 9.99. The number of carbonyl (C=O) groups is 1. The number of unbranched alkanes of at least 4 members (excludes halogenated alkanes) is 30. The Morgan fingerprint density at radius 1 is 0.548 bits per heavy atom. The van der Waals surface area contributed by atoms with Crippen LogP contribution in [0.5, 0.6) is 0 Å². The minimum Gasteiger partial charge on any atom is -0.394 e. The second-order valence-corrected chi connectivity index (χ2v) is 18.3. The second kappa shape index (κ2) is 43.3. The van der Waals surface area contributed by atoms with Crippen molar-refractivity contribution in [2.75, 3.05) is 13.2 Å². The molecular formula is C53H99NO8. The molecule has 0 bridgehead atoms. The molecule has 9 nitrogen and oxygen atoms in total. The minimum atomic E-state index is -1.57. The molecule has 9 heteroatoms. The zero-order valence-corrected chi connectivity index (χ0v) is 40.1. The highest BCUT2D eigenvalue weighted by Gasteiger charge is 2.44. The maximum Gasteiger partial charge on any atom is 0.220 e. The SMILES string of the molecule is CCCC/C=C\C/C=C\CCCCCCCC(=O)NC(COC1OC(CO)C(O)C(O)C1O)C(O)/C=C/CCCCCCCCCCCCCCCCCCCCCCCCC. The van der Waals surface area contributed by atoms with Crippen LogP contribution in [0.2, 0.25) is 0 Å². The van der Waals surface area contributed by atoms with Gasteiger partial charge in [-0.25, -0.2) is 0 Å². The molecule has 0 radical (unpaired) electrons. The van der Waals surface area contributed by atoms with Gasteiger partial charge in [-0.05, 0) is 44.9 Å². The third-order valence-electron chi connectivity index (χ3n) is 12.5. The Hall–Kier alpha value is -1.59. The van der Waals surface area contributed by atoms with Gasteiger partial charge in [-0.1, -0.05) is 224 Å². The summed E-state index contributed by atoms with van der Waals surface area (Å²) >= 11 is 0. The molecule has 0 aliphatic carbocycles. The van der Waals surface area contributed by atoms with E-state index in [9.17, 15) is 30.3 Å². The van der Waals surface area contributed by atoms with Crippen LogP contribution < -0.4 is 5.32 Å². The maximum absolute atomic E-state index is 13.0. The monoisotopic (exact) mass is 878 g/mol. The third-order valence-corrected chi connectivity index (χ3v) is 12.5. The first-order chi connectivity index (χ1) is 30.3. The van der Waals surface area contributed by atoms with Crippen LogP contribution in [0, 0.1) is 0 Å². The van der Waals surface area contributed by atoms with E-state index in [2.05, 4.69) is 43.5 Å². The number of allylic oxidation sites excluding steroid dienone is 5. The molecule has 1 aliphatic rings. The molecule has 0 aromatic carbocycles. The highest BCUT2D eigenvalue weighted by atomic mass is 16.7. The van der Waals surface area contributed by atoms with Crippen LogP contribution in [-0.2, 0) is 14.3 Å². The number of nitrogens with one attached hydrogen (secondary N) is 1. The Balaban J connectivity index is 2.25. The summed E-state index contributed by atoms with van der Waals surface area (Å²) in [6.45, 7) is 3.74. The summed E-state index contributed by atoms with van der Waals surface area (Å²) in [6.07, 6.45) is 47.7. The number of carbonyl (C=O) groups excluding carboxylic acids is 1. The Kier molecular flexibility index (Phi) is 40.8.